The maximum Gasteiger partial charge on any atom is 0.108 e. The molecule has 0 radical (unpaired) electrons. The van der Waals surface area contributed by atoms with E-state index in [0.717, 1.165) is 11.1 Å². The van der Waals surface area contributed by atoms with Crippen LogP contribution in [0.1, 0.15) is 31.1 Å². The Bertz CT molecular complexity index is 488. The molecular weight excluding hydrogens is 274 g/mol. The van der Waals surface area contributed by atoms with Gasteiger partial charge in [-0.1, -0.05) is 74.5 Å². The van der Waals surface area contributed by atoms with Gasteiger partial charge in [-0.2, -0.15) is 0 Å². The third-order valence-electron chi connectivity index (χ3n) is 3.42. The monoisotopic (exact) mass is 299 g/mol. The first kappa shape index (κ1) is 16.7. The molecule has 2 aromatic rings. The highest BCUT2D eigenvalue weighted by molar-refractivity contribution is 5.29. The molecule has 0 saturated heterocycles. The van der Waals surface area contributed by atoms with Gasteiger partial charge in [0, 0.05) is 12.6 Å². The second-order valence-electron chi connectivity index (χ2n) is 5.75. The van der Waals surface area contributed by atoms with Crippen molar-refractivity contribution in [2.75, 3.05) is 13.2 Å². The summed E-state index contributed by atoms with van der Waals surface area (Å²) in [6.07, 6.45) is -0.673. The molecule has 0 aromatic heterocycles. The van der Waals surface area contributed by atoms with E-state index >= 15 is 0 Å². The van der Waals surface area contributed by atoms with Crippen molar-refractivity contribution in [1.82, 2.24) is 5.32 Å². The molecule has 1 atom stereocenters. The van der Waals surface area contributed by atoms with Crippen molar-refractivity contribution in [3.8, 4) is 0 Å². The van der Waals surface area contributed by atoms with Crippen LogP contribution in [-0.2, 0) is 4.74 Å². The Morgan fingerprint density at radius 3 is 1.86 bits per heavy atom. The molecule has 3 heteroatoms. The second-order valence-corrected chi connectivity index (χ2v) is 5.75. The summed E-state index contributed by atoms with van der Waals surface area (Å²) in [6, 6.07) is 20.6. The maximum absolute atomic E-state index is 10.1. The van der Waals surface area contributed by atoms with Crippen LogP contribution in [0.25, 0.3) is 0 Å². The lowest BCUT2D eigenvalue weighted by atomic mass is 10.0. The van der Waals surface area contributed by atoms with Crippen molar-refractivity contribution in [2.45, 2.75) is 32.1 Å². The maximum atomic E-state index is 10.1. The van der Waals surface area contributed by atoms with Gasteiger partial charge >= 0.3 is 0 Å². The molecule has 2 rings (SSSR count). The second kappa shape index (κ2) is 8.69. The molecule has 0 amide bonds. The molecule has 2 aromatic carbocycles. The van der Waals surface area contributed by atoms with Gasteiger partial charge in [0.05, 0.1) is 12.7 Å². The minimum atomic E-state index is -0.516. The number of hydrogen-bond donors (Lipinski definition) is 2. The minimum absolute atomic E-state index is 0.156. The van der Waals surface area contributed by atoms with Gasteiger partial charge in [0.15, 0.2) is 0 Å². The first-order valence-electron chi connectivity index (χ1n) is 7.79. The van der Waals surface area contributed by atoms with E-state index in [2.05, 4.69) is 43.4 Å². The molecule has 2 N–H and O–H groups in total. The Balaban J connectivity index is 2.03. The summed E-state index contributed by atoms with van der Waals surface area (Å²) in [5, 5.41) is 13.3. The Kier molecular flexibility index (Phi) is 6.59. The van der Waals surface area contributed by atoms with E-state index in [4.69, 9.17) is 4.74 Å². The number of nitrogens with one attached hydrogen (secondary N) is 1. The Morgan fingerprint density at radius 1 is 0.909 bits per heavy atom. The highest BCUT2D eigenvalue weighted by Gasteiger charge is 2.16. The van der Waals surface area contributed by atoms with Gasteiger partial charge in [0.2, 0.25) is 0 Å². The van der Waals surface area contributed by atoms with Gasteiger partial charge in [-0.3, -0.25) is 0 Å². The van der Waals surface area contributed by atoms with Crippen LogP contribution in [-0.4, -0.2) is 30.4 Å². The molecule has 0 fully saturated rings. The third kappa shape index (κ3) is 5.26. The number of benzene rings is 2. The molecule has 0 aliphatic heterocycles. The number of hydrogen-bond acceptors (Lipinski definition) is 3. The number of ether oxygens (including phenoxy) is 1. The van der Waals surface area contributed by atoms with E-state index in [1.807, 2.05) is 36.4 Å². The quantitative estimate of drug-likeness (QED) is 0.787. The summed E-state index contributed by atoms with van der Waals surface area (Å²) in [5.41, 5.74) is 2.19. The van der Waals surface area contributed by atoms with Crippen molar-refractivity contribution in [1.29, 1.82) is 0 Å². The van der Waals surface area contributed by atoms with Crippen LogP contribution in [0.4, 0.5) is 0 Å². The first-order chi connectivity index (χ1) is 10.7. The lowest BCUT2D eigenvalue weighted by molar-refractivity contribution is 0.00598. The van der Waals surface area contributed by atoms with Crippen molar-refractivity contribution in [3.05, 3.63) is 71.8 Å². The summed E-state index contributed by atoms with van der Waals surface area (Å²) in [6.45, 7) is 4.96. The van der Waals surface area contributed by atoms with E-state index in [0.29, 0.717) is 19.2 Å². The Morgan fingerprint density at radius 2 is 1.41 bits per heavy atom. The molecule has 22 heavy (non-hydrogen) atoms. The number of aliphatic hydroxyl groups is 1. The van der Waals surface area contributed by atoms with E-state index in [9.17, 15) is 5.11 Å². The van der Waals surface area contributed by atoms with Crippen LogP contribution < -0.4 is 5.32 Å². The van der Waals surface area contributed by atoms with Crippen LogP contribution in [0.2, 0.25) is 0 Å². The van der Waals surface area contributed by atoms with Crippen LogP contribution in [0.5, 0.6) is 0 Å². The normalized spacial score (nSPS) is 12.8. The van der Waals surface area contributed by atoms with E-state index in [1.54, 1.807) is 0 Å². The molecular formula is C19H25NO2. The lowest BCUT2D eigenvalue weighted by Gasteiger charge is -2.21. The molecule has 0 saturated carbocycles. The van der Waals surface area contributed by atoms with E-state index in [-0.39, 0.29) is 6.10 Å². The van der Waals surface area contributed by atoms with Crippen molar-refractivity contribution >= 4 is 0 Å². The highest BCUT2D eigenvalue weighted by atomic mass is 16.5. The summed E-state index contributed by atoms with van der Waals surface area (Å²) >= 11 is 0. The highest BCUT2D eigenvalue weighted by Crippen LogP contribution is 2.25. The predicted octanol–water partition coefficient (Wildman–Crippen LogP) is 3.15. The van der Waals surface area contributed by atoms with Gasteiger partial charge in [-0.15, -0.1) is 0 Å². The molecule has 0 spiro atoms. The first-order valence-corrected chi connectivity index (χ1v) is 7.79. The fourth-order valence-corrected chi connectivity index (χ4v) is 2.28. The van der Waals surface area contributed by atoms with Gasteiger partial charge in [0.25, 0.3) is 0 Å². The van der Waals surface area contributed by atoms with Crippen molar-refractivity contribution in [3.63, 3.8) is 0 Å². The zero-order valence-corrected chi connectivity index (χ0v) is 13.3. The summed E-state index contributed by atoms with van der Waals surface area (Å²) in [4.78, 5) is 0. The largest absolute Gasteiger partial charge is 0.389 e. The average Bonchev–Trinajstić information content (AvgIpc) is 2.55. The Hall–Kier alpha value is -1.68. The summed E-state index contributed by atoms with van der Waals surface area (Å²) in [7, 11) is 0. The molecule has 118 valence electrons. The van der Waals surface area contributed by atoms with Crippen molar-refractivity contribution < 1.29 is 9.84 Å². The average molecular weight is 299 g/mol. The molecule has 0 bridgehead atoms. The summed E-state index contributed by atoms with van der Waals surface area (Å²) in [5.74, 6) is 0. The van der Waals surface area contributed by atoms with Crippen LogP contribution >= 0.6 is 0 Å². The van der Waals surface area contributed by atoms with Crippen LogP contribution in [0.15, 0.2) is 60.7 Å². The minimum Gasteiger partial charge on any atom is -0.389 e. The number of rotatable bonds is 8. The third-order valence-corrected chi connectivity index (χ3v) is 3.42. The molecule has 0 heterocycles. The fraction of sp³-hybridized carbons (Fsp3) is 0.368. The standard InChI is InChI=1S/C19H25NO2/c1-15(2)20-13-18(21)14-22-19(16-9-5-3-6-10-16)17-11-7-4-8-12-17/h3-12,15,18-21H,13-14H2,1-2H3. The predicted molar refractivity (Wildman–Crippen MR) is 89.8 cm³/mol. The zero-order valence-electron chi connectivity index (χ0n) is 13.3. The van der Waals surface area contributed by atoms with Gasteiger partial charge in [0.1, 0.15) is 6.10 Å². The molecule has 0 aliphatic rings. The molecule has 0 aliphatic carbocycles. The lowest BCUT2D eigenvalue weighted by Crippen LogP contribution is -2.34. The topological polar surface area (TPSA) is 41.5 Å². The smallest absolute Gasteiger partial charge is 0.108 e. The van der Waals surface area contributed by atoms with E-state index in [1.165, 1.54) is 0 Å². The Labute approximate surface area is 133 Å². The van der Waals surface area contributed by atoms with Crippen LogP contribution in [0.3, 0.4) is 0 Å². The van der Waals surface area contributed by atoms with E-state index < -0.39 is 6.10 Å². The number of aliphatic hydroxyl groups excluding tert-OH is 1. The zero-order chi connectivity index (χ0) is 15.8. The van der Waals surface area contributed by atoms with Gasteiger partial charge in [-0.05, 0) is 11.1 Å². The SMILES string of the molecule is CC(C)NCC(O)COC(c1ccccc1)c1ccccc1. The molecule has 3 nitrogen and oxygen atoms in total. The fourth-order valence-electron chi connectivity index (χ4n) is 2.28. The summed E-state index contributed by atoms with van der Waals surface area (Å²) < 4.78 is 6.02. The van der Waals surface area contributed by atoms with Crippen molar-refractivity contribution in [2.24, 2.45) is 0 Å². The van der Waals surface area contributed by atoms with Crippen LogP contribution in [0, 0.1) is 0 Å². The molecule has 1 unspecified atom stereocenters. The van der Waals surface area contributed by atoms with Gasteiger partial charge < -0.3 is 15.2 Å². The van der Waals surface area contributed by atoms with Gasteiger partial charge in [-0.25, -0.2) is 0 Å².